The van der Waals surface area contributed by atoms with Crippen LogP contribution in [0.15, 0.2) is 218 Å². The summed E-state index contributed by atoms with van der Waals surface area (Å²) in [6.45, 7) is 0. The number of fused-ring (bicyclic) bond motifs is 11. The van der Waals surface area contributed by atoms with Gasteiger partial charge in [0.1, 0.15) is 0 Å². The third-order valence-corrected chi connectivity index (χ3v) is 13.8. The van der Waals surface area contributed by atoms with Gasteiger partial charge in [-0.15, -0.1) is 0 Å². The number of para-hydroxylation sites is 4. The summed E-state index contributed by atoms with van der Waals surface area (Å²) in [5.41, 5.74) is 17.0. The second-order valence-corrected chi connectivity index (χ2v) is 16.7. The van der Waals surface area contributed by atoms with Gasteiger partial charge in [-0.2, -0.15) is 0 Å². The highest BCUT2D eigenvalue weighted by Crippen LogP contribution is 2.56. The highest BCUT2D eigenvalue weighted by atomic mass is 31.1. The quantitative estimate of drug-likeness (QED) is 0.159. The maximum absolute atomic E-state index is 2.52. The molecule has 0 saturated carbocycles. The number of hydrogen-bond acceptors (Lipinski definition) is 1. The lowest BCUT2D eigenvalue weighted by Crippen LogP contribution is -2.44. The van der Waals surface area contributed by atoms with Gasteiger partial charge in [-0.1, -0.05) is 172 Å². The Kier molecular flexibility index (Phi) is 7.45. The zero-order valence-corrected chi connectivity index (χ0v) is 32.7. The average Bonchev–Trinajstić information content (AvgIpc) is 3.64. The Labute approximate surface area is 340 Å². The standard InChI is InChI=1S/C55H37N2P/c1-3-14-37(15-4-1)38-26-31-42(32-27-38)56(41-16-5-2-6-17-41)43-33-28-39(29-34-43)40-30-35-53-49(36-40)55(47-21-9-12-25-52(47)58-53)46-20-8-11-24-51(46)57-50-23-10-7-18-44(50)45-19-13-22-48(55)54(45)57/h1-36,58H. The van der Waals surface area contributed by atoms with Crippen molar-refractivity contribution in [2.75, 3.05) is 4.90 Å². The van der Waals surface area contributed by atoms with Crippen LogP contribution < -0.4 is 15.5 Å². The average molecular weight is 757 g/mol. The largest absolute Gasteiger partial charge is 0.311 e. The van der Waals surface area contributed by atoms with Crippen LogP contribution in [-0.2, 0) is 5.41 Å². The smallest absolute Gasteiger partial charge is 0.0755 e. The number of benzene rings is 9. The molecule has 0 saturated heterocycles. The molecule has 2 nitrogen and oxygen atoms in total. The van der Waals surface area contributed by atoms with Crippen LogP contribution in [-0.4, -0.2) is 4.57 Å². The molecule has 2 aliphatic heterocycles. The van der Waals surface area contributed by atoms with E-state index in [9.17, 15) is 0 Å². The van der Waals surface area contributed by atoms with Crippen LogP contribution in [0.1, 0.15) is 22.3 Å². The van der Waals surface area contributed by atoms with Crippen LogP contribution in [0.5, 0.6) is 0 Å². The van der Waals surface area contributed by atoms with Gasteiger partial charge >= 0.3 is 0 Å². The summed E-state index contributed by atoms with van der Waals surface area (Å²) in [6, 6.07) is 80.8. The molecular weight excluding hydrogens is 720 g/mol. The Hall–Kier alpha value is -6.99. The van der Waals surface area contributed by atoms with E-state index in [0.29, 0.717) is 8.58 Å². The van der Waals surface area contributed by atoms with Crippen molar-refractivity contribution < 1.29 is 0 Å². The van der Waals surface area contributed by atoms with Crippen molar-refractivity contribution in [3.63, 3.8) is 0 Å². The van der Waals surface area contributed by atoms with Gasteiger partial charge < -0.3 is 9.47 Å². The minimum atomic E-state index is -0.483. The van der Waals surface area contributed by atoms with E-state index in [2.05, 4.69) is 228 Å². The first-order valence-electron chi connectivity index (χ1n) is 20.0. The predicted molar refractivity (Wildman–Crippen MR) is 246 cm³/mol. The molecule has 2 atom stereocenters. The normalized spacial score (nSPS) is 15.3. The van der Waals surface area contributed by atoms with Gasteiger partial charge in [0.25, 0.3) is 0 Å². The van der Waals surface area contributed by atoms with Gasteiger partial charge in [0.05, 0.1) is 22.1 Å². The van der Waals surface area contributed by atoms with E-state index < -0.39 is 5.41 Å². The molecule has 0 fully saturated rings. The first-order chi connectivity index (χ1) is 28.8. The van der Waals surface area contributed by atoms with E-state index in [4.69, 9.17) is 0 Å². The lowest BCUT2D eigenvalue weighted by molar-refractivity contribution is 0.735. The molecule has 1 spiro atoms. The summed E-state index contributed by atoms with van der Waals surface area (Å²) in [5.74, 6) is 0. The van der Waals surface area contributed by atoms with Crippen molar-refractivity contribution in [3.05, 3.63) is 241 Å². The van der Waals surface area contributed by atoms with Crippen LogP contribution in [0.2, 0.25) is 0 Å². The highest BCUT2D eigenvalue weighted by Gasteiger charge is 2.49. The Morgan fingerprint density at radius 3 is 1.67 bits per heavy atom. The molecule has 0 bridgehead atoms. The minimum absolute atomic E-state index is 0.483. The van der Waals surface area contributed by atoms with E-state index >= 15 is 0 Å². The van der Waals surface area contributed by atoms with Crippen molar-refractivity contribution in [3.8, 4) is 27.9 Å². The third-order valence-electron chi connectivity index (χ3n) is 12.4. The number of nitrogens with zero attached hydrogens (tertiary/aromatic N) is 2. The maximum atomic E-state index is 2.52. The van der Waals surface area contributed by atoms with E-state index in [1.54, 1.807) is 0 Å². The van der Waals surface area contributed by atoms with Crippen LogP contribution in [0.25, 0.3) is 49.7 Å². The number of anilines is 3. The second kappa shape index (κ2) is 13.0. The Morgan fingerprint density at radius 2 is 0.897 bits per heavy atom. The molecule has 0 radical (unpaired) electrons. The molecule has 10 aromatic rings. The monoisotopic (exact) mass is 756 g/mol. The van der Waals surface area contributed by atoms with E-state index in [1.807, 2.05) is 0 Å². The second-order valence-electron chi connectivity index (χ2n) is 15.4. The first-order valence-corrected chi connectivity index (χ1v) is 21.0. The molecule has 1 aromatic heterocycles. The Balaban J connectivity index is 1.02. The molecule has 12 rings (SSSR count). The minimum Gasteiger partial charge on any atom is -0.311 e. The summed E-state index contributed by atoms with van der Waals surface area (Å²) in [5, 5.41) is 5.42. The Morgan fingerprint density at radius 1 is 0.362 bits per heavy atom. The van der Waals surface area contributed by atoms with Gasteiger partial charge in [0, 0.05) is 27.8 Å². The molecule has 58 heavy (non-hydrogen) atoms. The van der Waals surface area contributed by atoms with Crippen molar-refractivity contribution in [1.29, 1.82) is 0 Å². The van der Waals surface area contributed by atoms with Crippen LogP contribution in [0.3, 0.4) is 0 Å². The number of aromatic nitrogens is 1. The molecule has 272 valence electrons. The molecule has 0 amide bonds. The van der Waals surface area contributed by atoms with E-state index in [0.717, 1.165) is 17.1 Å². The van der Waals surface area contributed by atoms with Gasteiger partial charge in [-0.05, 0) is 110 Å². The van der Waals surface area contributed by atoms with Gasteiger partial charge in [-0.3, -0.25) is 0 Å². The fourth-order valence-electron chi connectivity index (χ4n) is 9.90. The predicted octanol–water partition coefficient (Wildman–Crippen LogP) is 13.2. The maximum Gasteiger partial charge on any atom is 0.0755 e. The van der Waals surface area contributed by atoms with Crippen molar-refractivity contribution in [2.45, 2.75) is 5.41 Å². The fraction of sp³-hybridized carbons (Fsp3) is 0.0182. The third kappa shape index (κ3) is 4.83. The van der Waals surface area contributed by atoms with E-state index in [1.165, 1.54) is 82.6 Å². The van der Waals surface area contributed by atoms with Crippen LogP contribution in [0, 0.1) is 0 Å². The van der Waals surface area contributed by atoms with Crippen LogP contribution >= 0.6 is 8.58 Å². The molecular formula is C55H37N2P. The summed E-state index contributed by atoms with van der Waals surface area (Å²) >= 11 is 0. The molecule has 3 heteroatoms. The summed E-state index contributed by atoms with van der Waals surface area (Å²) in [6.07, 6.45) is 0. The SMILES string of the molecule is c1ccc(-c2ccc(N(c3ccccc3)c3ccc(-c4ccc5c(c4)C4(c6ccccc6P5)c5ccccc5-n5c6ccccc6c6cccc4c65)cc3)cc2)cc1. The van der Waals surface area contributed by atoms with Gasteiger partial charge in [0.2, 0.25) is 0 Å². The zero-order valence-electron chi connectivity index (χ0n) is 31.7. The summed E-state index contributed by atoms with van der Waals surface area (Å²) in [7, 11) is 0.577. The molecule has 0 N–H and O–H groups in total. The lowest BCUT2D eigenvalue weighted by atomic mass is 9.62. The van der Waals surface area contributed by atoms with Crippen molar-refractivity contribution in [2.24, 2.45) is 0 Å². The van der Waals surface area contributed by atoms with Gasteiger partial charge in [-0.25, -0.2) is 0 Å². The topological polar surface area (TPSA) is 8.17 Å². The first kappa shape index (κ1) is 33.2. The highest BCUT2D eigenvalue weighted by molar-refractivity contribution is 7.56. The molecule has 3 heterocycles. The van der Waals surface area contributed by atoms with Gasteiger partial charge in [0.15, 0.2) is 0 Å². The number of hydrogen-bond donors (Lipinski definition) is 0. The molecule has 2 unspecified atom stereocenters. The summed E-state index contributed by atoms with van der Waals surface area (Å²) < 4.78 is 2.52. The summed E-state index contributed by atoms with van der Waals surface area (Å²) in [4.78, 5) is 2.34. The van der Waals surface area contributed by atoms with Crippen molar-refractivity contribution >= 4 is 58.1 Å². The molecule has 0 aliphatic carbocycles. The zero-order chi connectivity index (χ0) is 38.2. The van der Waals surface area contributed by atoms with E-state index in [-0.39, 0.29) is 0 Å². The fourth-order valence-corrected chi connectivity index (χ4v) is 11.3. The number of rotatable bonds is 5. The molecule has 2 aliphatic rings. The van der Waals surface area contributed by atoms with Crippen molar-refractivity contribution in [1.82, 2.24) is 4.57 Å². The lowest BCUT2D eigenvalue weighted by Gasteiger charge is -2.45. The molecule has 9 aromatic carbocycles. The Bertz CT molecular complexity index is 3180. The van der Waals surface area contributed by atoms with Crippen LogP contribution in [0.4, 0.5) is 17.1 Å².